The molecule has 14 heteroatoms. The minimum absolute atomic E-state index is 0.00518. The van der Waals surface area contributed by atoms with Crippen molar-refractivity contribution in [3.8, 4) is 0 Å². The third-order valence-corrected chi connectivity index (χ3v) is 13.9. The summed E-state index contributed by atoms with van der Waals surface area (Å²) in [6, 6.07) is 3.92. The first-order valence-electron chi connectivity index (χ1n) is 12.4. The van der Waals surface area contributed by atoms with Gasteiger partial charge in [-0.25, -0.2) is 17.9 Å². The van der Waals surface area contributed by atoms with Crippen molar-refractivity contribution < 1.29 is 31.9 Å². The van der Waals surface area contributed by atoms with Crippen LogP contribution in [0.15, 0.2) is 34.3 Å². The number of rotatable bonds is 8. The van der Waals surface area contributed by atoms with E-state index in [0.29, 0.717) is 0 Å². The summed E-state index contributed by atoms with van der Waals surface area (Å²) in [7, 11) is -6.51. The van der Waals surface area contributed by atoms with Gasteiger partial charge in [-0.1, -0.05) is 43.6 Å². The van der Waals surface area contributed by atoms with Crippen molar-refractivity contribution in [2.24, 2.45) is 11.0 Å². The minimum atomic E-state index is -4.17. The van der Waals surface area contributed by atoms with E-state index >= 15 is 0 Å². The normalized spacial score (nSPS) is 29.5. The minimum Gasteiger partial charge on any atom is -0.459 e. The van der Waals surface area contributed by atoms with Gasteiger partial charge in [0, 0.05) is 24.4 Å². The second-order valence-corrected chi connectivity index (χ2v) is 18.0. The Labute approximate surface area is 224 Å². The molecule has 38 heavy (non-hydrogen) atoms. The van der Waals surface area contributed by atoms with Crippen LogP contribution in [-0.2, 0) is 28.7 Å². The summed E-state index contributed by atoms with van der Waals surface area (Å²) in [5.41, 5.74) is 8.81. The number of cyclic esters (lactones) is 1. The van der Waals surface area contributed by atoms with E-state index in [9.17, 15) is 23.5 Å². The molecule has 1 saturated carbocycles. The van der Waals surface area contributed by atoms with Crippen LogP contribution in [0.3, 0.4) is 0 Å². The van der Waals surface area contributed by atoms with Gasteiger partial charge in [-0.2, -0.15) is 0 Å². The molecule has 2 aliphatic rings. The van der Waals surface area contributed by atoms with Crippen LogP contribution < -0.4 is 10.0 Å². The van der Waals surface area contributed by atoms with Crippen molar-refractivity contribution in [2.75, 3.05) is 6.61 Å². The summed E-state index contributed by atoms with van der Waals surface area (Å²) in [4.78, 5) is 27.8. The first kappa shape index (κ1) is 29.9. The molecule has 1 heterocycles. The molecule has 1 aliphatic carbocycles. The van der Waals surface area contributed by atoms with Gasteiger partial charge in [-0.15, -0.1) is 0 Å². The molecular formula is C24H37N5O7SSi. The smallest absolute Gasteiger partial charge is 0.408 e. The van der Waals surface area contributed by atoms with Crippen molar-refractivity contribution in [1.29, 1.82) is 0 Å². The highest BCUT2D eigenvalue weighted by Crippen LogP contribution is 2.47. The fourth-order valence-corrected chi connectivity index (χ4v) is 7.18. The Morgan fingerprint density at radius 1 is 1.29 bits per heavy atom. The van der Waals surface area contributed by atoms with E-state index in [2.05, 4.69) is 40.8 Å². The number of hydrogen-bond donors (Lipinski definition) is 2. The average Bonchev–Trinajstić information content (AvgIpc) is 3.20. The quantitative estimate of drug-likeness (QED) is 0.158. The van der Waals surface area contributed by atoms with Crippen LogP contribution in [0.1, 0.15) is 40.2 Å². The second-order valence-electron chi connectivity index (χ2n) is 11.5. The Morgan fingerprint density at radius 2 is 1.89 bits per heavy atom. The zero-order chi connectivity index (χ0) is 28.7. The molecule has 1 amide bonds. The first-order chi connectivity index (χ1) is 17.5. The molecule has 210 valence electrons. The molecule has 1 saturated heterocycles. The Morgan fingerprint density at radius 3 is 2.37 bits per heavy atom. The number of aryl methyl sites for hydroxylation is 1. The lowest BCUT2D eigenvalue weighted by Gasteiger charge is -2.39. The molecule has 3 rings (SSSR count). The van der Waals surface area contributed by atoms with Crippen molar-refractivity contribution >= 4 is 30.4 Å². The van der Waals surface area contributed by atoms with E-state index in [4.69, 9.17) is 13.9 Å². The Balaban J connectivity index is 2.16. The predicted octanol–water partition coefficient (Wildman–Crippen LogP) is 3.77. The largest absolute Gasteiger partial charge is 0.459 e. The summed E-state index contributed by atoms with van der Waals surface area (Å²) in [5, 5.41) is 6.53. The Kier molecular flexibility index (Phi) is 8.26. The van der Waals surface area contributed by atoms with Crippen LogP contribution in [0.4, 0.5) is 4.79 Å². The number of nitrogens with zero attached hydrogens (tertiary/aromatic N) is 3. The average molecular weight is 568 g/mol. The first-order valence-corrected chi connectivity index (χ1v) is 16.8. The van der Waals surface area contributed by atoms with E-state index < -0.39 is 66.2 Å². The highest BCUT2D eigenvalue weighted by molar-refractivity contribution is 7.89. The standard InChI is InChI=1S/C24H37N5O7SSi/c1-14-9-11-17(12-10-14)37(32,33)28-20-19(27-29-25)18(13-34-38(7,8)23(4,5)6)21(36-16(3)30)24(20)15(2)35-22(31)26-24/h9-12,15,18-21,28H,13H2,1-8H3,(H,26,31)/t15-,18+,19+,20-,21-,24-/m1/s1. The van der Waals surface area contributed by atoms with Gasteiger partial charge in [0.1, 0.15) is 17.7 Å². The van der Waals surface area contributed by atoms with E-state index in [-0.39, 0.29) is 16.5 Å². The van der Waals surface area contributed by atoms with Gasteiger partial charge in [0.25, 0.3) is 0 Å². The topological polar surface area (TPSA) is 169 Å². The number of nitrogens with one attached hydrogen (secondary N) is 2. The SMILES string of the molecule is CC(=O)O[C@@H]1[C@@H](CO[Si](C)(C)C(C)(C)C)[C@H](N=[N+]=[N-])[C@@H](NS(=O)(=O)c2ccc(C)cc2)[C@@]12NC(=O)O[C@@H]2C. The molecule has 1 aliphatic heterocycles. The summed E-state index contributed by atoms with van der Waals surface area (Å²) in [5.74, 6) is -1.44. The second kappa shape index (κ2) is 10.5. The molecule has 6 atom stereocenters. The maximum Gasteiger partial charge on any atom is 0.408 e. The molecule has 1 aromatic carbocycles. The lowest BCUT2D eigenvalue weighted by molar-refractivity contribution is -0.154. The number of benzene rings is 1. The van der Waals surface area contributed by atoms with Crippen LogP contribution in [0.5, 0.6) is 0 Å². The Hall–Kier alpha value is -2.64. The van der Waals surface area contributed by atoms with Crippen LogP contribution in [0, 0.1) is 12.8 Å². The number of amides is 1. The number of hydrogen-bond acceptors (Lipinski definition) is 8. The number of esters is 1. The summed E-state index contributed by atoms with van der Waals surface area (Å²) in [6.07, 6.45) is -2.87. The number of carbonyl (C=O) groups is 2. The molecule has 0 unspecified atom stereocenters. The van der Waals surface area contributed by atoms with Crippen LogP contribution >= 0.6 is 0 Å². The lowest BCUT2D eigenvalue weighted by atomic mass is 9.85. The van der Waals surface area contributed by atoms with E-state index in [1.54, 1.807) is 19.1 Å². The number of ether oxygens (including phenoxy) is 2. The molecule has 2 N–H and O–H groups in total. The van der Waals surface area contributed by atoms with Crippen LogP contribution in [0.2, 0.25) is 18.1 Å². The highest BCUT2D eigenvalue weighted by atomic mass is 32.2. The maximum absolute atomic E-state index is 13.5. The van der Waals surface area contributed by atoms with Gasteiger partial charge >= 0.3 is 12.1 Å². The maximum atomic E-state index is 13.5. The molecule has 2 fully saturated rings. The molecule has 0 aromatic heterocycles. The van der Waals surface area contributed by atoms with Crippen molar-refractivity contribution in [3.05, 3.63) is 40.3 Å². The van der Waals surface area contributed by atoms with Gasteiger partial charge in [0.05, 0.1) is 17.0 Å². The van der Waals surface area contributed by atoms with Crippen molar-refractivity contribution in [1.82, 2.24) is 10.0 Å². The van der Waals surface area contributed by atoms with Gasteiger partial charge in [0.2, 0.25) is 10.0 Å². The van der Waals surface area contributed by atoms with E-state index in [1.165, 1.54) is 19.1 Å². The number of carbonyl (C=O) groups excluding carboxylic acids is 2. The highest BCUT2D eigenvalue weighted by Gasteiger charge is 2.69. The number of alkyl carbamates (subject to hydrolysis) is 1. The fraction of sp³-hybridized carbons (Fsp3) is 0.667. The third-order valence-electron chi connectivity index (χ3n) is 7.96. The predicted molar refractivity (Wildman–Crippen MR) is 142 cm³/mol. The van der Waals surface area contributed by atoms with Gasteiger partial charge < -0.3 is 19.2 Å². The molecule has 1 spiro atoms. The zero-order valence-electron chi connectivity index (χ0n) is 23.0. The van der Waals surface area contributed by atoms with Crippen molar-refractivity contribution in [3.63, 3.8) is 0 Å². The third kappa shape index (κ3) is 5.55. The molecule has 1 aromatic rings. The molecule has 0 bridgehead atoms. The zero-order valence-corrected chi connectivity index (χ0v) is 24.8. The van der Waals surface area contributed by atoms with E-state index in [1.807, 2.05) is 20.0 Å². The van der Waals surface area contributed by atoms with Gasteiger partial charge in [-0.05, 0) is 49.6 Å². The fourth-order valence-electron chi connectivity index (χ4n) is 4.84. The van der Waals surface area contributed by atoms with Gasteiger partial charge in [0.15, 0.2) is 8.32 Å². The number of sulfonamides is 1. The van der Waals surface area contributed by atoms with Gasteiger partial charge in [-0.3, -0.25) is 4.79 Å². The number of azide groups is 1. The summed E-state index contributed by atoms with van der Waals surface area (Å²) in [6.45, 7) is 14.9. The molecule has 12 nitrogen and oxygen atoms in total. The summed E-state index contributed by atoms with van der Waals surface area (Å²) < 4.78 is 47.3. The van der Waals surface area contributed by atoms with E-state index in [0.717, 1.165) is 5.56 Å². The lowest BCUT2D eigenvalue weighted by Crippen LogP contribution is -2.67. The monoisotopic (exact) mass is 567 g/mol. The van der Waals surface area contributed by atoms with Crippen molar-refractivity contribution in [2.45, 2.75) is 94.4 Å². The van der Waals surface area contributed by atoms with Crippen LogP contribution in [-0.4, -0.2) is 65.2 Å². The molecule has 0 radical (unpaired) electrons. The van der Waals surface area contributed by atoms with Crippen LogP contribution in [0.25, 0.3) is 10.4 Å². The Bertz CT molecular complexity index is 1230. The molecular weight excluding hydrogens is 530 g/mol. The summed E-state index contributed by atoms with van der Waals surface area (Å²) >= 11 is 0.